The zero-order valence-electron chi connectivity index (χ0n) is 11.6. The number of allylic oxidation sites excluding steroid dienone is 2. The molecular weight excluding hydrogens is 238 g/mol. The van der Waals surface area contributed by atoms with E-state index in [1.807, 2.05) is 13.0 Å². The number of benzene rings is 1. The minimum atomic E-state index is 0.0630. The van der Waals surface area contributed by atoms with Crippen molar-refractivity contribution >= 4 is 11.5 Å². The lowest BCUT2D eigenvalue weighted by Crippen LogP contribution is -2.45. The smallest absolute Gasteiger partial charge is 0.172 e. The van der Waals surface area contributed by atoms with Crippen LogP contribution in [0.1, 0.15) is 38.7 Å². The van der Waals surface area contributed by atoms with E-state index in [1.54, 1.807) is 6.92 Å². The van der Waals surface area contributed by atoms with Crippen molar-refractivity contribution in [2.24, 2.45) is 0 Å². The van der Waals surface area contributed by atoms with E-state index in [-0.39, 0.29) is 17.9 Å². The molecular formula is C16H19NO2. The van der Waals surface area contributed by atoms with Crippen LogP contribution < -0.4 is 4.90 Å². The van der Waals surface area contributed by atoms with Gasteiger partial charge in [-0.25, -0.2) is 0 Å². The molecule has 3 rings (SSSR count). The van der Waals surface area contributed by atoms with Gasteiger partial charge in [-0.1, -0.05) is 18.2 Å². The molecule has 2 unspecified atom stereocenters. The Morgan fingerprint density at radius 2 is 2.16 bits per heavy atom. The lowest BCUT2D eigenvalue weighted by Gasteiger charge is -2.45. The van der Waals surface area contributed by atoms with Gasteiger partial charge in [0.2, 0.25) is 0 Å². The fraction of sp³-hybridized carbons (Fsp3) is 0.438. The number of hydrogen-bond donors (Lipinski definition) is 0. The van der Waals surface area contributed by atoms with Gasteiger partial charge < -0.3 is 9.64 Å². The Morgan fingerprint density at radius 3 is 2.84 bits per heavy atom. The number of Topliss-reactive ketones (excluding diaryl/α,β-unsaturated/α-hetero) is 1. The van der Waals surface area contributed by atoms with E-state index in [0.29, 0.717) is 0 Å². The second kappa shape index (κ2) is 4.41. The molecule has 1 aromatic rings. The molecule has 0 fully saturated rings. The molecule has 2 bridgehead atoms. The van der Waals surface area contributed by atoms with Gasteiger partial charge in [0.05, 0.1) is 0 Å². The highest BCUT2D eigenvalue weighted by atomic mass is 16.5. The van der Waals surface area contributed by atoms with Crippen LogP contribution >= 0.6 is 0 Å². The van der Waals surface area contributed by atoms with Crippen LogP contribution in [0.4, 0.5) is 5.69 Å². The number of carbonyl (C=O) groups is 1. The molecule has 3 heteroatoms. The monoisotopic (exact) mass is 257 g/mol. The molecule has 0 saturated heterocycles. The summed E-state index contributed by atoms with van der Waals surface area (Å²) in [5.74, 6) is 1.11. The van der Waals surface area contributed by atoms with E-state index in [2.05, 4.69) is 30.0 Å². The lowest BCUT2D eigenvalue weighted by molar-refractivity contribution is -0.114. The predicted molar refractivity (Wildman–Crippen MR) is 75.1 cm³/mol. The topological polar surface area (TPSA) is 29.5 Å². The first-order valence-corrected chi connectivity index (χ1v) is 6.87. The number of ketones is 1. The zero-order valence-corrected chi connectivity index (χ0v) is 11.6. The van der Waals surface area contributed by atoms with Gasteiger partial charge in [-0.2, -0.15) is 0 Å². The fourth-order valence-corrected chi connectivity index (χ4v) is 3.42. The molecule has 1 aromatic carbocycles. The van der Waals surface area contributed by atoms with Crippen LogP contribution in [-0.4, -0.2) is 18.6 Å². The maximum absolute atomic E-state index is 11.9. The lowest BCUT2D eigenvalue weighted by atomic mass is 9.80. The summed E-state index contributed by atoms with van der Waals surface area (Å²) in [6.07, 6.45) is 0.935. The molecule has 0 radical (unpaired) electrons. The van der Waals surface area contributed by atoms with Crippen molar-refractivity contribution in [3.05, 3.63) is 41.2 Å². The summed E-state index contributed by atoms with van der Waals surface area (Å²) in [4.78, 5) is 14.2. The first-order valence-electron chi connectivity index (χ1n) is 6.87. The molecule has 2 heterocycles. The van der Waals surface area contributed by atoms with Crippen molar-refractivity contribution in [3.63, 3.8) is 0 Å². The van der Waals surface area contributed by atoms with Crippen LogP contribution in [0.25, 0.3) is 0 Å². The third-order valence-corrected chi connectivity index (χ3v) is 4.17. The Bertz CT molecular complexity index is 562. The van der Waals surface area contributed by atoms with Crippen molar-refractivity contribution in [1.29, 1.82) is 0 Å². The average molecular weight is 257 g/mol. The molecule has 0 N–H and O–H groups in total. The van der Waals surface area contributed by atoms with Gasteiger partial charge >= 0.3 is 0 Å². The third kappa shape index (κ3) is 1.76. The number of hydrogen-bond acceptors (Lipinski definition) is 3. The molecule has 0 saturated carbocycles. The summed E-state index contributed by atoms with van der Waals surface area (Å²) < 4.78 is 5.98. The Labute approximate surface area is 113 Å². The number of para-hydroxylation sites is 1. The van der Waals surface area contributed by atoms with Gasteiger partial charge in [-0.15, -0.1) is 0 Å². The van der Waals surface area contributed by atoms with Crippen molar-refractivity contribution < 1.29 is 9.53 Å². The van der Waals surface area contributed by atoms with Gasteiger partial charge in [0.15, 0.2) is 12.0 Å². The minimum Gasteiger partial charge on any atom is -0.475 e. The van der Waals surface area contributed by atoms with Crippen LogP contribution in [0.2, 0.25) is 0 Å². The second-order valence-electron chi connectivity index (χ2n) is 5.23. The van der Waals surface area contributed by atoms with Gasteiger partial charge in [0.1, 0.15) is 5.76 Å². The van der Waals surface area contributed by atoms with E-state index in [4.69, 9.17) is 4.74 Å². The van der Waals surface area contributed by atoms with Gasteiger partial charge in [0.25, 0.3) is 0 Å². The van der Waals surface area contributed by atoms with E-state index < -0.39 is 0 Å². The standard InChI is InChI=1S/C16H19NO2/c1-4-17-14-8-6-5-7-12(14)13-9-15(17)19-11(3)16(13)10(2)18/h5-8,13,15H,4,9H2,1-3H3. The van der Waals surface area contributed by atoms with E-state index in [9.17, 15) is 4.79 Å². The highest BCUT2D eigenvalue weighted by molar-refractivity contribution is 5.96. The number of anilines is 1. The summed E-state index contributed by atoms with van der Waals surface area (Å²) in [6, 6.07) is 8.36. The first kappa shape index (κ1) is 12.3. The minimum absolute atomic E-state index is 0.0630. The van der Waals surface area contributed by atoms with Crippen LogP contribution in [-0.2, 0) is 9.53 Å². The molecule has 2 aliphatic rings. The average Bonchev–Trinajstić information content (AvgIpc) is 2.38. The van der Waals surface area contributed by atoms with Crippen molar-refractivity contribution in [1.82, 2.24) is 0 Å². The molecule has 2 aliphatic heterocycles. The first-order chi connectivity index (χ1) is 9.13. The number of ether oxygens (including phenoxy) is 1. The summed E-state index contributed by atoms with van der Waals surface area (Å²) >= 11 is 0. The maximum atomic E-state index is 11.9. The SMILES string of the molecule is CCN1c2ccccc2C2CC1OC(C)=C2C(C)=O. The van der Waals surface area contributed by atoms with Gasteiger partial charge in [-0.05, 0) is 32.4 Å². The fourth-order valence-electron chi connectivity index (χ4n) is 3.42. The quantitative estimate of drug-likeness (QED) is 0.814. The van der Waals surface area contributed by atoms with Crippen molar-refractivity contribution in [3.8, 4) is 0 Å². The summed E-state index contributed by atoms with van der Waals surface area (Å²) in [5.41, 5.74) is 3.31. The highest BCUT2D eigenvalue weighted by Crippen LogP contribution is 2.46. The number of carbonyl (C=O) groups excluding carboxylic acids is 1. The summed E-state index contributed by atoms with van der Waals surface area (Å²) in [6.45, 7) is 6.60. The number of fused-ring (bicyclic) bond motifs is 4. The van der Waals surface area contributed by atoms with Crippen LogP contribution in [0, 0.1) is 0 Å². The van der Waals surface area contributed by atoms with E-state index >= 15 is 0 Å². The Kier molecular flexibility index (Phi) is 2.85. The molecule has 3 nitrogen and oxygen atoms in total. The molecule has 2 atom stereocenters. The Hall–Kier alpha value is -1.77. The largest absolute Gasteiger partial charge is 0.475 e. The second-order valence-corrected chi connectivity index (χ2v) is 5.23. The highest BCUT2D eigenvalue weighted by Gasteiger charge is 2.40. The molecule has 19 heavy (non-hydrogen) atoms. The van der Waals surface area contributed by atoms with Crippen LogP contribution in [0.15, 0.2) is 35.6 Å². The third-order valence-electron chi connectivity index (χ3n) is 4.17. The van der Waals surface area contributed by atoms with Crippen LogP contribution in [0.5, 0.6) is 0 Å². The Balaban J connectivity index is 2.18. The number of rotatable bonds is 2. The van der Waals surface area contributed by atoms with Crippen molar-refractivity contribution in [2.75, 3.05) is 11.4 Å². The number of nitrogens with zero attached hydrogens (tertiary/aromatic N) is 1. The molecule has 0 aromatic heterocycles. The normalized spacial score (nSPS) is 24.9. The summed E-state index contributed by atoms with van der Waals surface area (Å²) in [5, 5.41) is 0. The predicted octanol–water partition coefficient (Wildman–Crippen LogP) is 3.22. The molecule has 0 spiro atoms. The summed E-state index contributed by atoms with van der Waals surface area (Å²) in [7, 11) is 0. The molecule has 100 valence electrons. The molecule has 0 aliphatic carbocycles. The van der Waals surface area contributed by atoms with Crippen LogP contribution in [0.3, 0.4) is 0 Å². The van der Waals surface area contributed by atoms with E-state index in [1.165, 1.54) is 11.3 Å². The van der Waals surface area contributed by atoms with E-state index in [0.717, 1.165) is 24.3 Å². The maximum Gasteiger partial charge on any atom is 0.172 e. The van der Waals surface area contributed by atoms with Crippen molar-refractivity contribution in [2.45, 2.75) is 39.3 Å². The molecule has 0 amide bonds. The van der Waals surface area contributed by atoms with Gasteiger partial charge in [0, 0.05) is 30.1 Å². The Morgan fingerprint density at radius 1 is 1.42 bits per heavy atom. The zero-order chi connectivity index (χ0) is 13.6. The van der Waals surface area contributed by atoms with Gasteiger partial charge in [-0.3, -0.25) is 4.79 Å².